The molecule has 5 nitrogen and oxygen atoms in total. The average molecular weight is 287 g/mol. The van der Waals surface area contributed by atoms with Crippen molar-refractivity contribution >= 4 is 21.4 Å². The van der Waals surface area contributed by atoms with Crippen LogP contribution in [0.1, 0.15) is 11.1 Å². The Balaban J connectivity index is 2.35. The highest BCUT2D eigenvalue weighted by Crippen LogP contribution is 2.21. The second-order valence-corrected chi connectivity index (χ2v) is 5.97. The number of nitrogen functional groups attached to an aromatic ring is 1. The van der Waals surface area contributed by atoms with Gasteiger partial charge in [0.25, 0.3) is 10.0 Å². The minimum Gasteiger partial charge on any atom is -0.399 e. The van der Waals surface area contributed by atoms with Gasteiger partial charge in [-0.05, 0) is 48.9 Å². The minimum atomic E-state index is -3.70. The molecule has 6 heteroatoms. The second-order valence-electron chi connectivity index (χ2n) is 4.32. The van der Waals surface area contributed by atoms with Crippen molar-refractivity contribution in [3.63, 3.8) is 0 Å². The number of benzene rings is 2. The van der Waals surface area contributed by atoms with Crippen molar-refractivity contribution in [2.45, 2.75) is 11.8 Å². The highest BCUT2D eigenvalue weighted by Gasteiger charge is 2.17. The van der Waals surface area contributed by atoms with Crippen LogP contribution in [0.4, 0.5) is 11.4 Å². The monoisotopic (exact) mass is 287 g/mol. The fourth-order valence-corrected chi connectivity index (χ4v) is 3.07. The Morgan fingerprint density at radius 2 is 1.80 bits per heavy atom. The number of aryl methyl sites for hydroxylation is 1. The van der Waals surface area contributed by atoms with E-state index in [1.54, 1.807) is 31.2 Å². The van der Waals surface area contributed by atoms with Crippen LogP contribution < -0.4 is 10.5 Å². The predicted molar refractivity (Wildman–Crippen MR) is 77.6 cm³/mol. The molecule has 0 amide bonds. The van der Waals surface area contributed by atoms with Crippen LogP contribution in [0.15, 0.2) is 47.4 Å². The summed E-state index contributed by atoms with van der Waals surface area (Å²) in [4.78, 5) is 0.141. The van der Waals surface area contributed by atoms with Crippen molar-refractivity contribution in [3.8, 4) is 6.07 Å². The number of hydrogen-bond acceptors (Lipinski definition) is 4. The summed E-state index contributed by atoms with van der Waals surface area (Å²) in [7, 11) is -3.70. The van der Waals surface area contributed by atoms with E-state index in [1.165, 1.54) is 18.2 Å². The molecular formula is C14H13N3O2S. The van der Waals surface area contributed by atoms with E-state index in [4.69, 9.17) is 11.0 Å². The lowest BCUT2D eigenvalue weighted by Gasteiger charge is -2.11. The van der Waals surface area contributed by atoms with Gasteiger partial charge in [-0.2, -0.15) is 5.26 Å². The number of nitrogens with two attached hydrogens (primary N) is 1. The number of anilines is 2. The Hall–Kier alpha value is -2.52. The van der Waals surface area contributed by atoms with Crippen molar-refractivity contribution in [2.75, 3.05) is 10.5 Å². The van der Waals surface area contributed by atoms with Gasteiger partial charge in [0.15, 0.2) is 0 Å². The highest BCUT2D eigenvalue weighted by molar-refractivity contribution is 7.92. The quantitative estimate of drug-likeness (QED) is 0.846. The van der Waals surface area contributed by atoms with Crippen LogP contribution in [-0.2, 0) is 10.0 Å². The van der Waals surface area contributed by atoms with Gasteiger partial charge in [-0.1, -0.05) is 6.07 Å². The largest absolute Gasteiger partial charge is 0.399 e. The summed E-state index contributed by atoms with van der Waals surface area (Å²) in [6.07, 6.45) is 0. The molecule has 20 heavy (non-hydrogen) atoms. The molecule has 0 unspecified atom stereocenters. The van der Waals surface area contributed by atoms with Crippen molar-refractivity contribution in [2.24, 2.45) is 0 Å². The summed E-state index contributed by atoms with van der Waals surface area (Å²) in [6.45, 7) is 1.70. The number of nitrogens with zero attached hydrogens (tertiary/aromatic N) is 1. The Kier molecular flexibility index (Phi) is 3.63. The van der Waals surface area contributed by atoms with Gasteiger partial charge in [-0.15, -0.1) is 0 Å². The van der Waals surface area contributed by atoms with E-state index in [0.717, 1.165) is 0 Å². The fraction of sp³-hybridized carbons (Fsp3) is 0.0714. The standard InChI is InChI=1S/C14H13N3O2S/c1-10-2-5-12(16)8-14(10)20(18,19)17-13-6-3-11(9-15)4-7-13/h2-8,17H,16H2,1H3. The summed E-state index contributed by atoms with van der Waals surface area (Å²) in [6, 6.07) is 12.9. The molecular weight excluding hydrogens is 274 g/mol. The molecule has 0 radical (unpaired) electrons. The molecule has 2 aromatic rings. The van der Waals surface area contributed by atoms with Crippen LogP contribution in [0.5, 0.6) is 0 Å². The van der Waals surface area contributed by atoms with Gasteiger partial charge in [0.2, 0.25) is 0 Å². The van der Waals surface area contributed by atoms with Crippen molar-refractivity contribution in [3.05, 3.63) is 53.6 Å². The number of rotatable bonds is 3. The zero-order valence-corrected chi connectivity index (χ0v) is 11.6. The van der Waals surface area contributed by atoms with E-state index in [-0.39, 0.29) is 4.90 Å². The predicted octanol–water partition coefficient (Wildman–Crippen LogP) is 2.25. The molecule has 0 atom stereocenters. The summed E-state index contributed by atoms with van der Waals surface area (Å²) in [5.74, 6) is 0. The molecule has 0 saturated carbocycles. The topological polar surface area (TPSA) is 96.0 Å². The maximum absolute atomic E-state index is 12.3. The molecule has 0 fully saturated rings. The smallest absolute Gasteiger partial charge is 0.262 e. The first-order chi connectivity index (χ1) is 9.42. The lowest BCUT2D eigenvalue weighted by molar-refractivity contribution is 0.600. The van der Waals surface area contributed by atoms with E-state index in [9.17, 15) is 8.42 Å². The summed E-state index contributed by atoms with van der Waals surface area (Å²) < 4.78 is 27.1. The third-order valence-electron chi connectivity index (χ3n) is 2.77. The number of sulfonamides is 1. The van der Waals surface area contributed by atoms with Crippen molar-refractivity contribution in [1.29, 1.82) is 5.26 Å². The van der Waals surface area contributed by atoms with Crippen molar-refractivity contribution in [1.82, 2.24) is 0 Å². The zero-order chi connectivity index (χ0) is 14.8. The Morgan fingerprint density at radius 1 is 1.15 bits per heavy atom. The first-order valence-corrected chi connectivity index (χ1v) is 7.30. The van der Waals surface area contributed by atoms with E-state index in [2.05, 4.69) is 4.72 Å². The van der Waals surface area contributed by atoms with Gasteiger partial charge in [0, 0.05) is 11.4 Å². The van der Waals surface area contributed by atoms with Gasteiger partial charge in [0.1, 0.15) is 0 Å². The highest BCUT2D eigenvalue weighted by atomic mass is 32.2. The summed E-state index contributed by atoms with van der Waals surface area (Å²) in [5, 5.41) is 8.70. The number of hydrogen-bond donors (Lipinski definition) is 2. The van der Waals surface area contributed by atoms with Crippen molar-refractivity contribution < 1.29 is 8.42 Å². The molecule has 0 aliphatic carbocycles. The zero-order valence-electron chi connectivity index (χ0n) is 10.8. The minimum absolute atomic E-state index is 0.141. The first kappa shape index (κ1) is 13.9. The molecule has 2 aromatic carbocycles. The third-order valence-corrected chi connectivity index (χ3v) is 4.29. The van der Waals surface area contributed by atoms with Gasteiger partial charge < -0.3 is 5.73 Å². The van der Waals surface area contributed by atoms with E-state index >= 15 is 0 Å². The lowest BCUT2D eigenvalue weighted by Crippen LogP contribution is -2.14. The Bertz CT molecular complexity index is 775. The molecule has 0 aliphatic heterocycles. The molecule has 102 valence electrons. The Morgan fingerprint density at radius 3 is 2.40 bits per heavy atom. The summed E-state index contributed by atoms with van der Waals surface area (Å²) in [5.41, 5.74) is 7.48. The van der Waals surface area contributed by atoms with Crippen LogP contribution in [-0.4, -0.2) is 8.42 Å². The lowest BCUT2D eigenvalue weighted by atomic mass is 10.2. The molecule has 0 aliphatic rings. The molecule has 0 bridgehead atoms. The van der Waals surface area contributed by atoms with E-state index < -0.39 is 10.0 Å². The van der Waals surface area contributed by atoms with Gasteiger partial charge in [-0.3, -0.25) is 4.72 Å². The third kappa shape index (κ3) is 2.90. The first-order valence-electron chi connectivity index (χ1n) is 5.81. The van der Waals surface area contributed by atoms with E-state index in [1.807, 2.05) is 6.07 Å². The van der Waals surface area contributed by atoms with Crippen LogP contribution in [0.3, 0.4) is 0 Å². The van der Waals surface area contributed by atoms with Crippen LogP contribution in [0.25, 0.3) is 0 Å². The molecule has 0 spiro atoms. The number of nitrogens with one attached hydrogen (secondary N) is 1. The van der Waals surface area contributed by atoms with Gasteiger partial charge >= 0.3 is 0 Å². The van der Waals surface area contributed by atoms with Crippen LogP contribution in [0, 0.1) is 18.3 Å². The normalized spacial score (nSPS) is 10.8. The van der Waals surface area contributed by atoms with E-state index in [0.29, 0.717) is 22.5 Å². The SMILES string of the molecule is Cc1ccc(N)cc1S(=O)(=O)Nc1ccc(C#N)cc1. The van der Waals surface area contributed by atoms with Gasteiger partial charge in [0.05, 0.1) is 16.5 Å². The number of nitriles is 1. The maximum atomic E-state index is 12.3. The Labute approximate surface area is 117 Å². The maximum Gasteiger partial charge on any atom is 0.262 e. The second kappa shape index (κ2) is 5.23. The molecule has 0 heterocycles. The molecule has 3 N–H and O–H groups in total. The molecule has 0 saturated heterocycles. The molecule has 2 rings (SSSR count). The average Bonchev–Trinajstić information content (AvgIpc) is 2.42. The summed E-state index contributed by atoms with van der Waals surface area (Å²) >= 11 is 0. The molecule has 0 aromatic heterocycles. The van der Waals surface area contributed by atoms with Gasteiger partial charge in [-0.25, -0.2) is 8.42 Å². The van der Waals surface area contributed by atoms with Crippen LogP contribution >= 0.6 is 0 Å². The van der Waals surface area contributed by atoms with Crippen LogP contribution in [0.2, 0.25) is 0 Å². The fourth-order valence-electron chi connectivity index (χ4n) is 1.73.